The monoisotopic (exact) mass is 194 g/mol. The first-order valence-corrected chi connectivity index (χ1v) is 3.08. The quantitative estimate of drug-likeness (QED) is 0.436. The summed E-state index contributed by atoms with van der Waals surface area (Å²) >= 11 is 0. The minimum atomic E-state index is -4.69. The van der Waals surface area contributed by atoms with Crippen molar-refractivity contribution in [3.63, 3.8) is 0 Å². The number of nitrogen functional groups attached to an aromatic ring is 1. The van der Waals surface area contributed by atoms with E-state index in [-0.39, 0.29) is 5.82 Å². The molecule has 0 spiro atoms. The van der Waals surface area contributed by atoms with Gasteiger partial charge in [0.15, 0.2) is 0 Å². The Balaban J connectivity index is 3.24. The Labute approximate surface area is 69.8 Å². The van der Waals surface area contributed by atoms with Gasteiger partial charge in [-0.3, -0.25) is 4.79 Å². The molecule has 0 atom stereocenters. The average Bonchev–Trinajstić information content (AvgIpc) is 2.01. The maximum absolute atomic E-state index is 12.0. The smallest absolute Gasteiger partial charge is 0.308 e. The second-order valence-corrected chi connectivity index (χ2v) is 2.12. The van der Waals surface area contributed by atoms with Crippen LogP contribution < -0.4 is 16.8 Å². The third kappa shape index (κ3) is 2.18. The number of hydrogen-bond donors (Lipinski definition) is 3. The van der Waals surface area contributed by atoms with Gasteiger partial charge in [-0.2, -0.15) is 13.2 Å². The molecule has 0 unspecified atom stereocenters. The van der Waals surface area contributed by atoms with Crippen molar-refractivity contribution in [2.45, 2.75) is 6.18 Å². The van der Waals surface area contributed by atoms with Crippen LogP contribution in [0.1, 0.15) is 5.82 Å². The lowest BCUT2D eigenvalue weighted by atomic mass is 10.5. The summed E-state index contributed by atoms with van der Waals surface area (Å²) in [6, 6.07) is 0.815. The van der Waals surface area contributed by atoms with Crippen molar-refractivity contribution in [2.75, 3.05) is 5.43 Å². The Kier molecular flexibility index (Phi) is 2.24. The lowest BCUT2D eigenvalue weighted by Gasteiger charge is -2.05. The molecule has 0 saturated heterocycles. The molecule has 0 saturated carbocycles. The zero-order chi connectivity index (χ0) is 10.1. The number of aromatic amines is 1. The Morgan fingerprint density at radius 2 is 2.15 bits per heavy atom. The second kappa shape index (κ2) is 3.05. The minimum absolute atomic E-state index is 0.337. The summed E-state index contributed by atoms with van der Waals surface area (Å²) in [4.78, 5) is 15.2. The van der Waals surface area contributed by atoms with Crippen LogP contribution in [0, 0.1) is 0 Å². The van der Waals surface area contributed by atoms with Gasteiger partial charge in [0.2, 0.25) is 5.82 Å². The van der Waals surface area contributed by atoms with E-state index in [9.17, 15) is 18.0 Å². The standard InChI is InChI=1S/C5H5F3N4O/c6-5(7,8)4-10-2(12-9)1-3(13)11-4/h1H,9H2,(H2,10,11,12,13). The van der Waals surface area contributed by atoms with Crippen molar-refractivity contribution in [3.05, 3.63) is 22.2 Å². The van der Waals surface area contributed by atoms with Crippen LogP contribution in [-0.4, -0.2) is 9.97 Å². The lowest BCUT2D eigenvalue weighted by molar-refractivity contribution is -0.145. The summed E-state index contributed by atoms with van der Waals surface area (Å²) in [6.45, 7) is 0. The van der Waals surface area contributed by atoms with Gasteiger partial charge < -0.3 is 10.4 Å². The van der Waals surface area contributed by atoms with E-state index in [1.165, 1.54) is 4.98 Å². The fourth-order valence-corrected chi connectivity index (χ4v) is 0.666. The molecule has 0 bridgehead atoms. The highest BCUT2D eigenvalue weighted by atomic mass is 19.4. The van der Waals surface area contributed by atoms with Crippen molar-refractivity contribution < 1.29 is 13.2 Å². The average molecular weight is 194 g/mol. The first kappa shape index (κ1) is 9.52. The zero-order valence-corrected chi connectivity index (χ0v) is 6.14. The van der Waals surface area contributed by atoms with E-state index in [1.54, 1.807) is 0 Å². The summed E-state index contributed by atoms with van der Waals surface area (Å²) in [5.74, 6) is 3.08. The largest absolute Gasteiger partial charge is 0.449 e. The van der Waals surface area contributed by atoms with Gasteiger partial charge in [-0.05, 0) is 0 Å². The molecule has 13 heavy (non-hydrogen) atoms. The molecule has 0 aliphatic rings. The van der Waals surface area contributed by atoms with E-state index in [0.717, 1.165) is 6.07 Å². The molecular formula is C5H5F3N4O. The van der Waals surface area contributed by atoms with E-state index in [0.29, 0.717) is 0 Å². The van der Waals surface area contributed by atoms with Crippen molar-refractivity contribution >= 4 is 5.82 Å². The van der Waals surface area contributed by atoms with Crippen LogP contribution in [0.15, 0.2) is 10.9 Å². The maximum atomic E-state index is 12.0. The Morgan fingerprint density at radius 1 is 1.54 bits per heavy atom. The molecule has 0 radical (unpaired) electrons. The number of anilines is 1. The molecule has 0 aliphatic carbocycles. The van der Waals surface area contributed by atoms with Gasteiger partial charge in [0.25, 0.3) is 5.56 Å². The van der Waals surface area contributed by atoms with Crippen molar-refractivity contribution in [1.82, 2.24) is 9.97 Å². The number of aromatic nitrogens is 2. The molecule has 1 heterocycles. The summed E-state index contributed by atoms with van der Waals surface area (Å²) in [5.41, 5.74) is 0.928. The van der Waals surface area contributed by atoms with E-state index < -0.39 is 17.6 Å². The molecule has 0 aromatic carbocycles. The third-order valence-electron chi connectivity index (χ3n) is 1.16. The van der Waals surface area contributed by atoms with Crippen LogP contribution in [0.25, 0.3) is 0 Å². The summed E-state index contributed by atoms with van der Waals surface area (Å²) < 4.78 is 35.9. The number of halogens is 3. The van der Waals surface area contributed by atoms with Crippen LogP contribution >= 0.6 is 0 Å². The van der Waals surface area contributed by atoms with Crippen LogP contribution in [0.4, 0.5) is 19.0 Å². The van der Waals surface area contributed by atoms with Gasteiger partial charge in [0.1, 0.15) is 5.82 Å². The summed E-state index contributed by atoms with van der Waals surface area (Å²) in [5, 5.41) is 0. The van der Waals surface area contributed by atoms with Crippen LogP contribution in [0.3, 0.4) is 0 Å². The number of hydrogen-bond acceptors (Lipinski definition) is 4. The molecule has 5 nitrogen and oxygen atoms in total. The van der Waals surface area contributed by atoms with E-state index in [4.69, 9.17) is 5.84 Å². The number of nitrogens with one attached hydrogen (secondary N) is 2. The number of nitrogens with two attached hydrogens (primary N) is 1. The fraction of sp³-hybridized carbons (Fsp3) is 0.200. The number of alkyl halides is 3. The van der Waals surface area contributed by atoms with E-state index in [2.05, 4.69) is 4.98 Å². The molecule has 1 rings (SSSR count). The summed E-state index contributed by atoms with van der Waals surface area (Å²) in [7, 11) is 0. The van der Waals surface area contributed by atoms with Gasteiger partial charge in [-0.25, -0.2) is 10.8 Å². The number of hydrazine groups is 1. The zero-order valence-electron chi connectivity index (χ0n) is 6.14. The Hall–Kier alpha value is -1.57. The molecule has 8 heteroatoms. The van der Waals surface area contributed by atoms with Gasteiger partial charge >= 0.3 is 6.18 Å². The third-order valence-corrected chi connectivity index (χ3v) is 1.16. The predicted octanol–water partition coefficient (Wildman–Crippen LogP) is 0.0743. The minimum Gasteiger partial charge on any atom is -0.308 e. The number of H-pyrrole nitrogens is 1. The maximum Gasteiger partial charge on any atom is 0.449 e. The normalized spacial score (nSPS) is 11.4. The molecular weight excluding hydrogens is 189 g/mol. The first-order chi connectivity index (χ1) is 5.93. The van der Waals surface area contributed by atoms with Crippen LogP contribution in [-0.2, 0) is 6.18 Å². The van der Waals surface area contributed by atoms with Crippen molar-refractivity contribution in [2.24, 2.45) is 5.84 Å². The van der Waals surface area contributed by atoms with Gasteiger partial charge in [-0.1, -0.05) is 0 Å². The molecule has 1 aromatic rings. The SMILES string of the molecule is NNc1cc(=O)[nH]c(C(F)(F)F)n1. The molecule has 4 N–H and O–H groups in total. The van der Waals surface area contributed by atoms with Crippen LogP contribution in [0.2, 0.25) is 0 Å². The highest BCUT2D eigenvalue weighted by Crippen LogP contribution is 2.25. The second-order valence-electron chi connectivity index (χ2n) is 2.12. The molecule has 0 amide bonds. The van der Waals surface area contributed by atoms with Gasteiger partial charge in [0.05, 0.1) is 0 Å². The van der Waals surface area contributed by atoms with E-state index in [1.807, 2.05) is 5.43 Å². The molecule has 0 aliphatic heterocycles. The molecule has 1 aromatic heterocycles. The Bertz CT molecular complexity index is 358. The summed E-state index contributed by atoms with van der Waals surface area (Å²) in [6.07, 6.45) is -4.69. The van der Waals surface area contributed by atoms with Gasteiger partial charge in [0, 0.05) is 6.07 Å². The highest BCUT2D eigenvalue weighted by Gasteiger charge is 2.34. The fourth-order valence-electron chi connectivity index (χ4n) is 0.666. The van der Waals surface area contributed by atoms with Gasteiger partial charge in [-0.15, -0.1) is 0 Å². The van der Waals surface area contributed by atoms with E-state index >= 15 is 0 Å². The number of nitrogens with zero attached hydrogens (tertiary/aromatic N) is 1. The first-order valence-electron chi connectivity index (χ1n) is 3.08. The predicted molar refractivity (Wildman–Crippen MR) is 37.7 cm³/mol. The van der Waals surface area contributed by atoms with Crippen molar-refractivity contribution in [3.8, 4) is 0 Å². The van der Waals surface area contributed by atoms with Crippen LogP contribution in [0.5, 0.6) is 0 Å². The number of rotatable bonds is 1. The molecule has 0 fully saturated rings. The van der Waals surface area contributed by atoms with Crippen molar-refractivity contribution in [1.29, 1.82) is 0 Å². The molecule has 72 valence electrons. The Morgan fingerprint density at radius 3 is 2.62 bits per heavy atom. The topological polar surface area (TPSA) is 83.8 Å². The lowest BCUT2D eigenvalue weighted by Crippen LogP contribution is -2.21. The highest BCUT2D eigenvalue weighted by molar-refractivity contribution is 5.31.